The zero-order valence-electron chi connectivity index (χ0n) is 11.8. The molecule has 3 aromatic rings. The Morgan fingerprint density at radius 3 is 2.71 bits per heavy atom. The highest BCUT2D eigenvalue weighted by atomic mass is 32.1. The predicted octanol–water partition coefficient (Wildman–Crippen LogP) is 4.33. The number of halogens is 1. The molecule has 0 fully saturated rings. The van der Waals surface area contributed by atoms with Crippen LogP contribution in [0, 0.1) is 5.82 Å². The Hall–Kier alpha value is -1.78. The Bertz CT molecular complexity index is 705. The zero-order valence-corrected chi connectivity index (χ0v) is 12.7. The second-order valence-corrected chi connectivity index (χ2v) is 6.14. The van der Waals surface area contributed by atoms with Crippen molar-refractivity contribution in [1.29, 1.82) is 0 Å². The number of aromatic nitrogens is 1. The van der Waals surface area contributed by atoms with E-state index in [1.54, 1.807) is 17.4 Å². The average molecular weight is 300 g/mol. The Morgan fingerprint density at radius 2 is 1.90 bits per heavy atom. The molecule has 0 aliphatic carbocycles. The van der Waals surface area contributed by atoms with Crippen LogP contribution in [0.25, 0.3) is 10.2 Å². The summed E-state index contributed by atoms with van der Waals surface area (Å²) in [5.41, 5.74) is 1.77. The number of hydrogen-bond acceptors (Lipinski definition) is 3. The van der Waals surface area contributed by atoms with Crippen LogP contribution in [0.3, 0.4) is 0 Å². The molecule has 0 radical (unpaired) electrons. The molecular weight excluding hydrogens is 283 g/mol. The maximum atomic E-state index is 13.7. The number of nitrogens with zero attached hydrogens (tertiary/aromatic N) is 1. The molecule has 108 valence electrons. The Kier molecular flexibility index (Phi) is 4.27. The van der Waals surface area contributed by atoms with E-state index in [2.05, 4.69) is 16.4 Å². The molecule has 0 saturated heterocycles. The van der Waals surface area contributed by atoms with Gasteiger partial charge in [0.25, 0.3) is 0 Å². The van der Waals surface area contributed by atoms with Gasteiger partial charge < -0.3 is 5.32 Å². The van der Waals surface area contributed by atoms with Gasteiger partial charge in [0.1, 0.15) is 5.82 Å². The lowest BCUT2D eigenvalue weighted by Gasteiger charge is -2.14. The Morgan fingerprint density at radius 1 is 1.14 bits per heavy atom. The quantitative estimate of drug-likeness (QED) is 0.758. The van der Waals surface area contributed by atoms with Crippen molar-refractivity contribution in [3.8, 4) is 0 Å². The number of benzene rings is 2. The molecule has 3 rings (SSSR count). The van der Waals surface area contributed by atoms with Crippen molar-refractivity contribution in [2.45, 2.75) is 19.4 Å². The van der Waals surface area contributed by atoms with Gasteiger partial charge in [0.15, 0.2) is 0 Å². The number of hydrogen-bond donors (Lipinski definition) is 1. The summed E-state index contributed by atoms with van der Waals surface area (Å²) < 4.78 is 14.9. The summed E-state index contributed by atoms with van der Waals surface area (Å²) in [6.07, 6.45) is 0.859. The minimum absolute atomic E-state index is 0.000536. The highest BCUT2D eigenvalue weighted by molar-refractivity contribution is 7.18. The van der Waals surface area contributed by atoms with Crippen LogP contribution in [0.2, 0.25) is 0 Å². The summed E-state index contributed by atoms with van der Waals surface area (Å²) in [4.78, 5) is 4.60. The molecule has 0 amide bonds. The lowest BCUT2D eigenvalue weighted by atomic mass is 10.1. The first-order chi connectivity index (χ1) is 10.2. The molecule has 0 aliphatic rings. The summed E-state index contributed by atoms with van der Waals surface area (Å²) in [5.74, 6) is -0.155. The molecule has 0 saturated carbocycles. The molecule has 2 nitrogen and oxygen atoms in total. The third-order valence-corrected chi connectivity index (χ3v) is 4.60. The van der Waals surface area contributed by atoms with Crippen LogP contribution in [0.4, 0.5) is 4.39 Å². The highest BCUT2D eigenvalue weighted by Gasteiger charge is 2.10. The van der Waals surface area contributed by atoms with Gasteiger partial charge in [0.05, 0.1) is 15.2 Å². The highest BCUT2D eigenvalue weighted by Crippen LogP contribution is 2.22. The van der Waals surface area contributed by atoms with Crippen LogP contribution in [0.1, 0.15) is 23.5 Å². The van der Waals surface area contributed by atoms with E-state index in [9.17, 15) is 4.39 Å². The molecule has 1 atom stereocenters. The standard InChI is InChI=1S/C17H17FN2S/c1-12(13-6-2-3-7-14(13)18)19-11-10-17-20-15-8-4-5-9-16(15)21-17/h2-9,12,19H,10-11H2,1H3. The fourth-order valence-corrected chi connectivity index (χ4v) is 3.33. The maximum absolute atomic E-state index is 13.7. The third kappa shape index (κ3) is 3.28. The Balaban J connectivity index is 1.59. The minimum atomic E-state index is -0.155. The fraction of sp³-hybridized carbons (Fsp3) is 0.235. The second kappa shape index (κ2) is 6.33. The van der Waals surface area contributed by atoms with Gasteiger partial charge in [-0.2, -0.15) is 0 Å². The first-order valence-electron chi connectivity index (χ1n) is 7.06. The van der Waals surface area contributed by atoms with E-state index in [0.29, 0.717) is 5.56 Å². The van der Waals surface area contributed by atoms with Crippen LogP contribution in [-0.2, 0) is 6.42 Å². The van der Waals surface area contributed by atoms with E-state index >= 15 is 0 Å². The first kappa shape index (κ1) is 14.2. The third-order valence-electron chi connectivity index (χ3n) is 3.50. The fourth-order valence-electron chi connectivity index (χ4n) is 2.36. The molecule has 1 aromatic heterocycles. The van der Waals surface area contributed by atoms with Gasteiger partial charge in [0, 0.05) is 24.6 Å². The van der Waals surface area contributed by atoms with Crippen molar-refractivity contribution in [3.63, 3.8) is 0 Å². The lowest BCUT2D eigenvalue weighted by Crippen LogP contribution is -2.22. The number of para-hydroxylation sites is 1. The molecule has 21 heavy (non-hydrogen) atoms. The average Bonchev–Trinajstić information content (AvgIpc) is 2.90. The second-order valence-electron chi connectivity index (χ2n) is 5.02. The zero-order chi connectivity index (χ0) is 14.7. The number of fused-ring (bicyclic) bond motifs is 1. The molecule has 4 heteroatoms. The largest absolute Gasteiger partial charge is 0.310 e. The summed E-state index contributed by atoms with van der Waals surface area (Å²) in [6, 6.07) is 15.1. The van der Waals surface area contributed by atoms with Gasteiger partial charge in [0.2, 0.25) is 0 Å². The van der Waals surface area contributed by atoms with Crippen molar-refractivity contribution in [2.24, 2.45) is 0 Å². The van der Waals surface area contributed by atoms with Gasteiger partial charge in [-0.25, -0.2) is 9.37 Å². The number of thiazole rings is 1. The number of rotatable bonds is 5. The van der Waals surface area contributed by atoms with Gasteiger partial charge in [-0.05, 0) is 25.1 Å². The van der Waals surface area contributed by atoms with Crippen LogP contribution in [0.15, 0.2) is 48.5 Å². The van der Waals surface area contributed by atoms with Crippen molar-refractivity contribution in [3.05, 3.63) is 64.9 Å². The van der Waals surface area contributed by atoms with E-state index < -0.39 is 0 Å². The monoisotopic (exact) mass is 300 g/mol. The molecule has 0 spiro atoms. The van der Waals surface area contributed by atoms with Crippen LogP contribution in [-0.4, -0.2) is 11.5 Å². The van der Waals surface area contributed by atoms with Gasteiger partial charge >= 0.3 is 0 Å². The van der Waals surface area contributed by atoms with E-state index in [4.69, 9.17) is 0 Å². The van der Waals surface area contributed by atoms with Crippen molar-refractivity contribution in [2.75, 3.05) is 6.54 Å². The molecule has 0 bridgehead atoms. The van der Waals surface area contributed by atoms with Crippen LogP contribution >= 0.6 is 11.3 Å². The molecule has 1 N–H and O–H groups in total. The Labute approximate surface area is 127 Å². The van der Waals surface area contributed by atoms with Gasteiger partial charge in [-0.15, -0.1) is 11.3 Å². The summed E-state index contributed by atoms with van der Waals surface area (Å²) >= 11 is 1.72. The smallest absolute Gasteiger partial charge is 0.127 e. The maximum Gasteiger partial charge on any atom is 0.127 e. The molecular formula is C17H17FN2S. The van der Waals surface area contributed by atoms with Crippen molar-refractivity contribution in [1.82, 2.24) is 10.3 Å². The van der Waals surface area contributed by atoms with E-state index in [1.165, 1.54) is 10.8 Å². The van der Waals surface area contributed by atoms with E-state index in [0.717, 1.165) is 23.5 Å². The van der Waals surface area contributed by atoms with Crippen LogP contribution in [0.5, 0.6) is 0 Å². The summed E-state index contributed by atoms with van der Waals surface area (Å²) in [7, 11) is 0. The molecule has 0 aliphatic heterocycles. The lowest BCUT2D eigenvalue weighted by molar-refractivity contribution is 0.530. The van der Waals surface area contributed by atoms with Gasteiger partial charge in [-0.3, -0.25) is 0 Å². The van der Waals surface area contributed by atoms with Crippen molar-refractivity contribution >= 4 is 21.6 Å². The first-order valence-corrected chi connectivity index (χ1v) is 7.88. The SMILES string of the molecule is CC(NCCc1nc2ccccc2s1)c1ccccc1F. The number of nitrogens with one attached hydrogen (secondary N) is 1. The van der Waals surface area contributed by atoms with E-state index in [-0.39, 0.29) is 11.9 Å². The summed E-state index contributed by atoms with van der Waals surface area (Å²) in [5, 5.41) is 4.47. The van der Waals surface area contributed by atoms with Crippen LogP contribution < -0.4 is 5.32 Å². The predicted molar refractivity (Wildman–Crippen MR) is 86.1 cm³/mol. The molecule has 1 unspecified atom stereocenters. The van der Waals surface area contributed by atoms with Crippen molar-refractivity contribution < 1.29 is 4.39 Å². The molecule has 1 heterocycles. The van der Waals surface area contributed by atoms with E-state index in [1.807, 2.05) is 37.3 Å². The molecule has 2 aromatic carbocycles. The minimum Gasteiger partial charge on any atom is -0.310 e. The summed E-state index contributed by atoms with van der Waals surface area (Å²) in [6.45, 7) is 2.77. The van der Waals surface area contributed by atoms with Gasteiger partial charge in [-0.1, -0.05) is 30.3 Å². The topological polar surface area (TPSA) is 24.9 Å². The normalized spacial score (nSPS) is 12.7.